The van der Waals surface area contributed by atoms with Gasteiger partial charge in [-0.2, -0.15) is 5.10 Å². The van der Waals surface area contributed by atoms with E-state index in [1.807, 2.05) is 62.4 Å². The summed E-state index contributed by atoms with van der Waals surface area (Å²) in [5, 5.41) is 13.9. The number of rotatable bonds is 3. The standard InChI is InChI=1S/C18H16N2O2/c1-12-8-9-14(10-13(12)2)16-11-17(18(21)22)20(19-16)15-6-4-3-5-7-15/h3-11H,1-2H3,(H,21,22). The van der Waals surface area contributed by atoms with Crippen molar-refractivity contribution >= 4 is 5.97 Å². The number of carboxylic acid groups (broad SMARTS) is 1. The molecule has 1 heterocycles. The van der Waals surface area contributed by atoms with E-state index in [1.54, 1.807) is 6.07 Å². The van der Waals surface area contributed by atoms with Gasteiger partial charge in [0, 0.05) is 5.56 Å². The van der Waals surface area contributed by atoms with Crippen LogP contribution in [0.5, 0.6) is 0 Å². The average Bonchev–Trinajstić information content (AvgIpc) is 2.96. The predicted molar refractivity (Wildman–Crippen MR) is 85.4 cm³/mol. The molecule has 0 fully saturated rings. The van der Waals surface area contributed by atoms with Crippen LogP contribution in [-0.2, 0) is 0 Å². The molecule has 22 heavy (non-hydrogen) atoms. The fourth-order valence-corrected chi connectivity index (χ4v) is 2.34. The van der Waals surface area contributed by atoms with E-state index in [-0.39, 0.29) is 5.69 Å². The number of carbonyl (C=O) groups is 1. The van der Waals surface area contributed by atoms with Crippen LogP contribution in [-0.4, -0.2) is 20.9 Å². The first kappa shape index (κ1) is 14.1. The Labute approximate surface area is 128 Å². The van der Waals surface area contributed by atoms with Crippen LogP contribution in [0.3, 0.4) is 0 Å². The van der Waals surface area contributed by atoms with Gasteiger partial charge in [-0.3, -0.25) is 0 Å². The van der Waals surface area contributed by atoms with Crippen molar-refractivity contribution in [2.75, 3.05) is 0 Å². The Balaban J connectivity index is 2.15. The normalized spacial score (nSPS) is 10.6. The van der Waals surface area contributed by atoms with Gasteiger partial charge in [0.05, 0.1) is 11.4 Å². The highest BCUT2D eigenvalue weighted by atomic mass is 16.4. The number of nitrogens with zero attached hydrogens (tertiary/aromatic N) is 2. The summed E-state index contributed by atoms with van der Waals surface area (Å²) < 4.78 is 1.47. The minimum Gasteiger partial charge on any atom is -0.477 e. The summed E-state index contributed by atoms with van der Waals surface area (Å²) in [6, 6.07) is 16.9. The lowest BCUT2D eigenvalue weighted by molar-refractivity contribution is 0.0687. The van der Waals surface area contributed by atoms with Gasteiger partial charge in [0.15, 0.2) is 5.69 Å². The lowest BCUT2D eigenvalue weighted by Crippen LogP contribution is -2.07. The molecule has 110 valence electrons. The predicted octanol–water partition coefficient (Wildman–Crippen LogP) is 3.85. The topological polar surface area (TPSA) is 55.1 Å². The Morgan fingerprint density at radius 3 is 2.36 bits per heavy atom. The van der Waals surface area contributed by atoms with Gasteiger partial charge >= 0.3 is 5.97 Å². The van der Waals surface area contributed by atoms with Crippen molar-refractivity contribution in [2.45, 2.75) is 13.8 Å². The summed E-state index contributed by atoms with van der Waals surface area (Å²) in [5.74, 6) is -0.994. The summed E-state index contributed by atoms with van der Waals surface area (Å²) in [6.45, 7) is 4.08. The van der Waals surface area contributed by atoms with Crippen molar-refractivity contribution in [1.29, 1.82) is 0 Å². The van der Waals surface area contributed by atoms with Gasteiger partial charge < -0.3 is 5.11 Å². The van der Waals surface area contributed by atoms with Crippen LogP contribution >= 0.6 is 0 Å². The maximum atomic E-state index is 11.5. The van der Waals surface area contributed by atoms with Crippen LogP contribution in [0.15, 0.2) is 54.6 Å². The number of para-hydroxylation sites is 1. The number of hydrogen-bond donors (Lipinski definition) is 1. The molecule has 3 rings (SSSR count). The highest BCUT2D eigenvalue weighted by molar-refractivity contribution is 5.88. The Kier molecular flexibility index (Phi) is 3.51. The quantitative estimate of drug-likeness (QED) is 0.797. The number of aryl methyl sites for hydroxylation is 2. The van der Waals surface area contributed by atoms with E-state index in [0.717, 1.165) is 16.8 Å². The second-order valence-electron chi connectivity index (χ2n) is 5.27. The zero-order valence-corrected chi connectivity index (χ0v) is 12.4. The average molecular weight is 292 g/mol. The third kappa shape index (κ3) is 2.51. The Bertz CT molecular complexity index is 836. The molecule has 0 saturated heterocycles. The Morgan fingerprint density at radius 1 is 1.00 bits per heavy atom. The van der Waals surface area contributed by atoms with Crippen LogP contribution in [0.2, 0.25) is 0 Å². The molecule has 1 N–H and O–H groups in total. The van der Waals surface area contributed by atoms with Crippen LogP contribution in [0.1, 0.15) is 21.6 Å². The summed E-state index contributed by atoms with van der Waals surface area (Å²) in [4.78, 5) is 11.5. The van der Waals surface area contributed by atoms with Crippen molar-refractivity contribution in [1.82, 2.24) is 9.78 Å². The lowest BCUT2D eigenvalue weighted by atomic mass is 10.0. The van der Waals surface area contributed by atoms with E-state index >= 15 is 0 Å². The summed E-state index contributed by atoms with van der Waals surface area (Å²) in [7, 11) is 0. The summed E-state index contributed by atoms with van der Waals surface area (Å²) in [6.07, 6.45) is 0. The third-order valence-electron chi connectivity index (χ3n) is 3.73. The van der Waals surface area contributed by atoms with Crippen LogP contribution < -0.4 is 0 Å². The zero-order chi connectivity index (χ0) is 15.7. The molecule has 0 aliphatic rings. The largest absolute Gasteiger partial charge is 0.477 e. The fraction of sp³-hybridized carbons (Fsp3) is 0.111. The molecule has 0 saturated carbocycles. The number of hydrogen-bond acceptors (Lipinski definition) is 2. The van der Waals surface area contributed by atoms with E-state index in [0.29, 0.717) is 5.69 Å². The minimum absolute atomic E-state index is 0.152. The first-order valence-electron chi connectivity index (χ1n) is 7.02. The molecule has 0 aliphatic carbocycles. The molecule has 0 amide bonds. The first-order valence-corrected chi connectivity index (χ1v) is 7.02. The number of carboxylic acids is 1. The summed E-state index contributed by atoms with van der Waals surface area (Å²) in [5.41, 5.74) is 4.81. The SMILES string of the molecule is Cc1ccc(-c2cc(C(=O)O)n(-c3ccccc3)n2)cc1C. The third-order valence-corrected chi connectivity index (χ3v) is 3.73. The molecule has 0 unspecified atom stereocenters. The molecule has 0 bridgehead atoms. The minimum atomic E-state index is -0.994. The van der Waals surface area contributed by atoms with Crippen LogP contribution in [0.4, 0.5) is 0 Å². The number of benzene rings is 2. The highest BCUT2D eigenvalue weighted by Crippen LogP contribution is 2.24. The number of aromatic carboxylic acids is 1. The second-order valence-corrected chi connectivity index (χ2v) is 5.27. The van der Waals surface area contributed by atoms with E-state index < -0.39 is 5.97 Å². The molecule has 3 aromatic rings. The molecular formula is C18H16N2O2. The van der Waals surface area contributed by atoms with Crippen LogP contribution in [0, 0.1) is 13.8 Å². The molecular weight excluding hydrogens is 276 g/mol. The molecule has 2 aromatic carbocycles. The molecule has 4 nitrogen and oxygen atoms in total. The Hall–Kier alpha value is -2.88. The van der Waals surface area contributed by atoms with Gasteiger partial charge in [0.25, 0.3) is 0 Å². The maximum Gasteiger partial charge on any atom is 0.354 e. The molecule has 1 aromatic heterocycles. The highest BCUT2D eigenvalue weighted by Gasteiger charge is 2.16. The smallest absolute Gasteiger partial charge is 0.354 e. The summed E-state index contributed by atoms with van der Waals surface area (Å²) >= 11 is 0. The monoisotopic (exact) mass is 292 g/mol. The van der Waals surface area contributed by atoms with Crippen molar-refractivity contribution in [3.8, 4) is 16.9 Å². The van der Waals surface area contributed by atoms with Gasteiger partial charge in [-0.15, -0.1) is 0 Å². The lowest BCUT2D eigenvalue weighted by Gasteiger charge is -2.04. The molecule has 4 heteroatoms. The van der Waals surface area contributed by atoms with Crippen LogP contribution in [0.25, 0.3) is 16.9 Å². The maximum absolute atomic E-state index is 11.5. The fourth-order valence-electron chi connectivity index (χ4n) is 2.34. The molecule has 0 radical (unpaired) electrons. The van der Waals surface area contributed by atoms with Gasteiger partial charge in [-0.25, -0.2) is 9.48 Å². The van der Waals surface area contributed by atoms with E-state index in [4.69, 9.17) is 0 Å². The molecule has 0 atom stereocenters. The van der Waals surface area contributed by atoms with Gasteiger partial charge in [-0.05, 0) is 49.2 Å². The first-order chi connectivity index (χ1) is 10.6. The molecule has 0 aliphatic heterocycles. The van der Waals surface area contributed by atoms with Crippen molar-refractivity contribution < 1.29 is 9.90 Å². The van der Waals surface area contributed by atoms with Gasteiger partial charge in [-0.1, -0.05) is 30.3 Å². The second kappa shape index (κ2) is 5.48. The number of aromatic nitrogens is 2. The van der Waals surface area contributed by atoms with E-state index in [2.05, 4.69) is 5.10 Å². The van der Waals surface area contributed by atoms with Gasteiger partial charge in [0.1, 0.15) is 0 Å². The van der Waals surface area contributed by atoms with E-state index in [9.17, 15) is 9.90 Å². The van der Waals surface area contributed by atoms with Gasteiger partial charge in [0.2, 0.25) is 0 Å². The molecule has 0 spiro atoms. The van der Waals surface area contributed by atoms with Crippen molar-refractivity contribution in [2.24, 2.45) is 0 Å². The van der Waals surface area contributed by atoms with Crippen molar-refractivity contribution in [3.63, 3.8) is 0 Å². The van der Waals surface area contributed by atoms with E-state index in [1.165, 1.54) is 10.2 Å². The van der Waals surface area contributed by atoms with Crippen molar-refractivity contribution in [3.05, 3.63) is 71.4 Å². The Morgan fingerprint density at radius 2 is 1.73 bits per heavy atom. The zero-order valence-electron chi connectivity index (χ0n) is 12.4.